The Hall–Kier alpha value is -1.09. The highest BCUT2D eigenvalue weighted by atomic mass is 35.5. The van der Waals surface area contributed by atoms with E-state index in [1.807, 2.05) is 0 Å². The van der Waals surface area contributed by atoms with Crippen molar-refractivity contribution >= 4 is 23.2 Å². The van der Waals surface area contributed by atoms with Crippen LogP contribution in [-0.4, -0.2) is 11.7 Å². The minimum atomic E-state index is -0.291. The van der Waals surface area contributed by atoms with Gasteiger partial charge in [-0.3, -0.25) is 0 Å². The van der Waals surface area contributed by atoms with Crippen molar-refractivity contribution in [3.8, 4) is 0 Å². The zero-order valence-electron chi connectivity index (χ0n) is 10.1. The van der Waals surface area contributed by atoms with Crippen LogP contribution in [0.5, 0.6) is 0 Å². The Morgan fingerprint density at radius 3 is 2.37 bits per heavy atom. The molecule has 0 aromatic heterocycles. The van der Waals surface area contributed by atoms with Crippen LogP contribution in [0.25, 0.3) is 0 Å². The van der Waals surface area contributed by atoms with Gasteiger partial charge in [-0.25, -0.2) is 4.39 Å². The van der Waals surface area contributed by atoms with Crippen molar-refractivity contribution in [2.75, 3.05) is 6.61 Å². The predicted molar refractivity (Wildman–Crippen MR) is 76.4 cm³/mol. The molecule has 0 fully saturated rings. The quantitative estimate of drug-likeness (QED) is 0.884. The highest BCUT2D eigenvalue weighted by Crippen LogP contribution is 2.27. The van der Waals surface area contributed by atoms with E-state index < -0.39 is 0 Å². The van der Waals surface area contributed by atoms with Gasteiger partial charge < -0.3 is 5.11 Å². The van der Waals surface area contributed by atoms with E-state index in [0.717, 1.165) is 11.1 Å². The Morgan fingerprint density at radius 2 is 1.74 bits per heavy atom. The van der Waals surface area contributed by atoms with E-state index in [2.05, 4.69) is 0 Å². The molecule has 0 aliphatic heterocycles. The normalized spacial score (nSPS) is 12.4. The smallest absolute Gasteiger partial charge is 0.123 e. The fraction of sp³-hybridized carbons (Fsp3) is 0.200. The first-order valence-corrected chi connectivity index (χ1v) is 6.66. The van der Waals surface area contributed by atoms with Crippen molar-refractivity contribution in [2.45, 2.75) is 12.3 Å². The molecule has 0 saturated heterocycles. The summed E-state index contributed by atoms with van der Waals surface area (Å²) in [5.41, 5.74) is 1.75. The standard InChI is InChI=1S/C15H13Cl2FO/c16-13-3-6-15(17)11(8-13)7-12(9-19)10-1-4-14(18)5-2-10/h1-6,8,12,19H,7,9H2. The molecular weight excluding hydrogens is 286 g/mol. The fourth-order valence-corrected chi connectivity index (χ4v) is 2.38. The summed E-state index contributed by atoms with van der Waals surface area (Å²) in [6.07, 6.45) is 0.557. The van der Waals surface area contributed by atoms with Gasteiger partial charge in [0.2, 0.25) is 0 Å². The first kappa shape index (κ1) is 14.3. The molecule has 0 heterocycles. The van der Waals surface area contributed by atoms with Gasteiger partial charge in [0.05, 0.1) is 6.61 Å². The minimum Gasteiger partial charge on any atom is -0.396 e. The van der Waals surface area contributed by atoms with Crippen molar-refractivity contribution in [1.82, 2.24) is 0 Å². The van der Waals surface area contributed by atoms with E-state index in [9.17, 15) is 9.50 Å². The summed E-state index contributed by atoms with van der Waals surface area (Å²) in [7, 11) is 0. The van der Waals surface area contributed by atoms with Gasteiger partial charge in [0.15, 0.2) is 0 Å². The Morgan fingerprint density at radius 1 is 1.05 bits per heavy atom. The molecule has 0 aliphatic carbocycles. The van der Waals surface area contributed by atoms with E-state index >= 15 is 0 Å². The summed E-state index contributed by atoms with van der Waals surface area (Å²) >= 11 is 12.0. The third-order valence-corrected chi connectivity index (χ3v) is 3.64. The Balaban J connectivity index is 2.23. The van der Waals surface area contributed by atoms with Crippen LogP contribution in [0.3, 0.4) is 0 Å². The topological polar surface area (TPSA) is 20.2 Å². The van der Waals surface area contributed by atoms with Crippen LogP contribution in [0, 0.1) is 5.82 Å². The van der Waals surface area contributed by atoms with Crippen LogP contribution >= 0.6 is 23.2 Å². The molecule has 1 atom stereocenters. The van der Waals surface area contributed by atoms with E-state index in [4.69, 9.17) is 23.2 Å². The second-order valence-corrected chi connectivity index (χ2v) is 5.21. The zero-order chi connectivity index (χ0) is 13.8. The van der Waals surface area contributed by atoms with Gasteiger partial charge >= 0.3 is 0 Å². The van der Waals surface area contributed by atoms with Gasteiger partial charge in [-0.05, 0) is 47.9 Å². The average molecular weight is 299 g/mol. The highest BCUT2D eigenvalue weighted by Gasteiger charge is 2.13. The third kappa shape index (κ3) is 3.69. The summed E-state index contributed by atoms with van der Waals surface area (Å²) in [6, 6.07) is 11.4. The molecule has 0 aliphatic rings. The molecular formula is C15H13Cl2FO. The highest BCUT2D eigenvalue weighted by molar-refractivity contribution is 6.33. The monoisotopic (exact) mass is 298 g/mol. The van der Waals surface area contributed by atoms with Crippen LogP contribution in [0.15, 0.2) is 42.5 Å². The van der Waals surface area contributed by atoms with Crippen molar-refractivity contribution in [3.63, 3.8) is 0 Å². The molecule has 0 amide bonds. The molecule has 0 spiro atoms. The van der Waals surface area contributed by atoms with Gasteiger partial charge in [-0.15, -0.1) is 0 Å². The molecule has 19 heavy (non-hydrogen) atoms. The lowest BCUT2D eigenvalue weighted by molar-refractivity contribution is 0.264. The van der Waals surface area contributed by atoms with Gasteiger partial charge in [-0.2, -0.15) is 0 Å². The molecule has 1 unspecified atom stereocenters. The molecule has 4 heteroatoms. The number of benzene rings is 2. The van der Waals surface area contributed by atoms with E-state index in [1.54, 1.807) is 30.3 Å². The molecule has 1 nitrogen and oxygen atoms in total. The maximum absolute atomic E-state index is 12.9. The lowest BCUT2D eigenvalue weighted by atomic mass is 9.92. The molecule has 0 radical (unpaired) electrons. The molecule has 100 valence electrons. The molecule has 0 saturated carbocycles. The van der Waals surface area contributed by atoms with Crippen molar-refractivity contribution < 1.29 is 9.50 Å². The summed E-state index contributed by atoms with van der Waals surface area (Å²) in [5, 5.41) is 10.7. The largest absolute Gasteiger partial charge is 0.396 e. The Kier molecular flexibility index (Phi) is 4.81. The number of aliphatic hydroxyl groups excluding tert-OH is 1. The summed E-state index contributed by atoms with van der Waals surface area (Å²) < 4.78 is 12.9. The van der Waals surface area contributed by atoms with Crippen LogP contribution in [0.1, 0.15) is 17.0 Å². The molecule has 0 bridgehead atoms. The van der Waals surface area contributed by atoms with E-state index in [1.165, 1.54) is 12.1 Å². The van der Waals surface area contributed by atoms with Crippen molar-refractivity contribution in [2.24, 2.45) is 0 Å². The molecule has 2 aromatic rings. The lowest BCUT2D eigenvalue weighted by Gasteiger charge is -2.16. The Labute approximate surface area is 121 Å². The van der Waals surface area contributed by atoms with Gasteiger partial charge in [-0.1, -0.05) is 35.3 Å². The Bertz CT molecular complexity index is 555. The summed E-state index contributed by atoms with van der Waals surface area (Å²) in [6.45, 7) is -0.0333. The van der Waals surface area contributed by atoms with Crippen LogP contribution < -0.4 is 0 Å². The van der Waals surface area contributed by atoms with E-state index in [-0.39, 0.29) is 18.3 Å². The number of rotatable bonds is 4. The number of hydrogen-bond acceptors (Lipinski definition) is 1. The van der Waals surface area contributed by atoms with Crippen molar-refractivity contribution in [1.29, 1.82) is 0 Å². The average Bonchev–Trinajstić information content (AvgIpc) is 2.41. The second kappa shape index (κ2) is 6.38. The fourth-order valence-electron chi connectivity index (χ4n) is 1.99. The number of aliphatic hydroxyl groups is 1. The number of hydrogen-bond donors (Lipinski definition) is 1. The van der Waals surface area contributed by atoms with E-state index in [0.29, 0.717) is 16.5 Å². The molecule has 1 N–H and O–H groups in total. The van der Waals surface area contributed by atoms with Crippen molar-refractivity contribution in [3.05, 3.63) is 69.5 Å². The first-order chi connectivity index (χ1) is 9.10. The predicted octanol–water partition coefficient (Wildman–Crippen LogP) is 4.45. The summed E-state index contributed by atoms with van der Waals surface area (Å²) in [4.78, 5) is 0. The molecule has 2 aromatic carbocycles. The second-order valence-electron chi connectivity index (χ2n) is 4.37. The van der Waals surface area contributed by atoms with Gasteiger partial charge in [0.1, 0.15) is 5.82 Å². The number of halogens is 3. The maximum Gasteiger partial charge on any atom is 0.123 e. The minimum absolute atomic E-state index is 0.0333. The summed E-state index contributed by atoms with van der Waals surface area (Å²) in [5.74, 6) is -0.419. The first-order valence-electron chi connectivity index (χ1n) is 5.90. The van der Waals surface area contributed by atoms with Gasteiger partial charge in [0, 0.05) is 16.0 Å². The molecule has 2 rings (SSSR count). The zero-order valence-corrected chi connectivity index (χ0v) is 11.6. The van der Waals surface area contributed by atoms with Gasteiger partial charge in [0.25, 0.3) is 0 Å². The lowest BCUT2D eigenvalue weighted by Crippen LogP contribution is -2.08. The van der Waals surface area contributed by atoms with Crippen LogP contribution in [0.2, 0.25) is 10.0 Å². The SMILES string of the molecule is OCC(Cc1cc(Cl)ccc1Cl)c1ccc(F)cc1. The third-order valence-electron chi connectivity index (χ3n) is 3.04. The van der Waals surface area contributed by atoms with Crippen LogP contribution in [-0.2, 0) is 6.42 Å². The maximum atomic E-state index is 12.9. The van der Waals surface area contributed by atoms with Crippen LogP contribution in [0.4, 0.5) is 4.39 Å².